The van der Waals surface area contributed by atoms with Crippen molar-refractivity contribution in [2.24, 2.45) is 0 Å². The lowest BCUT2D eigenvalue weighted by molar-refractivity contribution is -0.0436. The molecule has 0 aliphatic rings. The Kier molecular flexibility index (Phi) is 7.18. The number of imidazole rings is 1. The first-order valence-electron chi connectivity index (χ1n) is 10.9. The number of hydrogen-bond donors (Lipinski definition) is 3. The third kappa shape index (κ3) is 5.75. The van der Waals surface area contributed by atoms with Crippen LogP contribution < -0.4 is 15.1 Å². The van der Waals surface area contributed by atoms with Crippen molar-refractivity contribution in [3.05, 3.63) is 94.7 Å². The van der Waals surface area contributed by atoms with Gasteiger partial charge in [0.15, 0.2) is 0 Å². The predicted octanol–water partition coefficient (Wildman–Crippen LogP) is 3.16. The van der Waals surface area contributed by atoms with Crippen LogP contribution in [0.1, 0.15) is 11.3 Å². The van der Waals surface area contributed by atoms with E-state index >= 15 is 0 Å². The second-order valence-electron chi connectivity index (χ2n) is 8.18. The van der Waals surface area contributed by atoms with E-state index in [1.54, 1.807) is 30.3 Å². The predicted molar refractivity (Wildman–Crippen MR) is 136 cm³/mol. The number of anilines is 2. The lowest BCUT2D eigenvalue weighted by Crippen LogP contribution is -2.25. The Morgan fingerprint density at radius 2 is 1.59 bits per heavy atom. The third-order valence-corrected chi connectivity index (χ3v) is 7.99. The van der Waals surface area contributed by atoms with Crippen molar-refractivity contribution in [3.8, 4) is 11.6 Å². The van der Waals surface area contributed by atoms with Crippen molar-refractivity contribution in [1.82, 2.24) is 14.1 Å². The Hall–Kier alpha value is -4.31. The molecule has 16 heteroatoms. The maximum Gasteiger partial charge on any atom is 0.501 e. The maximum absolute atomic E-state index is 13.1. The van der Waals surface area contributed by atoms with Gasteiger partial charge < -0.3 is 5.11 Å². The molecule has 4 aromatic rings. The largest absolute Gasteiger partial charge is 0.501 e. The summed E-state index contributed by atoms with van der Waals surface area (Å²) in [6, 6.07) is 14.3. The van der Waals surface area contributed by atoms with E-state index in [0.29, 0.717) is 23.4 Å². The van der Waals surface area contributed by atoms with Crippen LogP contribution in [0.15, 0.2) is 82.6 Å². The van der Waals surface area contributed by atoms with Gasteiger partial charge in [0.05, 0.1) is 28.5 Å². The topological polar surface area (TPSA) is 152 Å². The molecule has 0 atom stereocenters. The number of nitrogens with zero attached hydrogens (tertiary/aromatic N) is 3. The van der Waals surface area contributed by atoms with Crippen LogP contribution in [0.4, 0.5) is 24.7 Å². The molecule has 0 spiro atoms. The van der Waals surface area contributed by atoms with E-state index in [9.17, 15) is 39.9 Å². The number of sulfone groups is 1. The normalized spacial score (nSPS) is 12.3. The first-order chi connectivity index (χ1) is 18.2. The minimum Gasteiger partial charge on any atom is -0.493 e. The average molecular weight is 584 g/mol. The number of para-hydroxylation sites is 1. The summed E-state index contributed by atoms with van der Waals surface area (Å²) in [6.45, 7) is 1.29. The van der Waals surface area contributed by atoms with E-state index in [1.165, 1.54) is 25.3 Å². The van der Waals surface area contributed by atoms with E-state index in [2.05, 4.69) is 14.4 Å². The van der Waals surface area contributed by atoms with E-state index in [1.807, 2.05) is 0 Å². The van der Waals surface area contributed by atoms with Gasteiger partial charge in [0, 0.05) is 6.20 Å². The highest BCUT2D eigenvalue weighted by atomic mass is 32.2. The van der Waals surface area contributed by atoms with Crippen LogP contribution in [-0.4, -0.2) is 41.6 Å². The van der Waals surface area contributed by atoms with Crippen LogP contribution >= 0.6 is 0 Å². The Morgan fingerprint density at radius 3 is 2.21 bits per heavy atom. The van der Waals surface area contributed by atoms with Crippen molar-refractivity contribution >= 4 is 31.6 Å². The minimum absolute atomic E-state index is 0.0493. The molecule has 2 aromatic heterocycles. The molecule has 4 rings (SSSR count). The van der Waals surface area contributed by atoms with Crippen molar-refractivity contribution in [2.75, 3.05) is 9.44 Å². The zero-order valence-electron chi connectivity index (χ0n) is 19.9. The molecule has 39 heavy (non-hydrogen) atoms. The molecule has 0 saturated heterocycles. The second-order valence-corrected chi connectivity index (χ2v) is 11.5. The highest BCUT2D eigenvalue weighted by molar-refractivity contribution is 7.94. The number of aromatic nitrogens is 3. The highest BCUT2D eigenvalue weighted by Crippen LogP contribution is 2.31. The third-order valence-electron chi connectivity index (χ3n) is 5.50. The van der Waals surface area contributed by atoms with Gasteiger partial charge in [-0.15, -0.1) is 0 Å². The molecule has 2 heterocycles. The van der Waals surface area contributed by atoms with Crippen molar-refractivity contribution in [2.45, 2.75) is 23.9 Å². The van der Waals surface area contributed by atoms with E-state index < -0.39 is 42.0 Å². The maximum atomic E-state index is 13.1. The standard InChI is InChI=1S/C23H20F3N5O6S2/c1-15-21(32)31(18-7-9-19(10-8-18)38(34,35)23(24,25)26)22(33)30(15)14-16-11-12-27-20(13-16)29-39(36,37)28-17-5-3-2-4-6-17/h2-13,28,32H,14H2,1H3,(H,27,29). The van der Waals surface area contributed by atoms with Gasteiger partial charge in [-0.1, -0.05) is 18.2 Å². The lowest BCUT2D eigenvalue weighted by Gasteiger charge is -2.11. The molecule has 2 aromatic carbocycles. The minimum atomic E-state index is -5.59. The molecule has 3 N–H and O–H groups in total. The number of pyridine rings is 1. The van der Waals surface area contributed by atoms with Gasteiger partial charge in [-0.2, -0.15) is 21.6 Å². The fraction of sp³-hybridized carbons (Fsp3) is 0.130. The SMILES string of the molecule is Cc1c(O)n(-c2ccc(S(=O)(=O)C(F)(F)F)cc2)c(=O)n1Cc1ccnc(NS(=O)(=O)Nc2ccccc2)c1. The molecule has 0 unspecified atom stereocenters. The van der Waals surface area contributed by atoms with Crippen molar-refractivity contribution < 1.29 is 35.1 Å². The summed E-state index contributed by atoms with van der Waals surface area (Å²) in [7, 11) is -9.63. The summed E-state index contributed by atoms with van der Waals surface area (Å²) in [5, 5.41) is 10.6. The first-order valence-corrected chi connectivity index (χ1v) is 13.9. The van der Waals surface area contributed by atoms with Crippen LogP contribution in [0.2, 0.25) is 0 Å². The summed E-state index contributed by atoms with van der Waals surface area (Å²) in [5.74, 6) is -0.569. The molecule has 11 nitrogen and oxygen atoms in total. The molecule has 0 amide bonds. The number of rotatable bonds is 8. The molecule has 0 aliphatic heterocycles. The summed E-state index contributed by atoms with van der Waals surface area (Å²) in [4.78, 5) is 16.1. The monoisotopic (exact) mass is 583 g/mol. The molecular formula is C23H20F3N5O6S2. The second kappa shape index (κ2) is 10.1. The fourth-order valence-electron chi connectivity index (χ4n) is 3.60. The first kappa shape index (κ1) is 27.7. The van der Waals surface area contributed by atoms with Gasteiger partial charge in [-0.25, -0.2) is 22.8 Å². The fourth-order valence-corrected chi connectivity index (χ4v) is 5.25. The van der Waals surface area contributed by atoms with Crippen molar-refractivity contribution in [3.63, 3.8) is 0 Å². The average Bonchev–Trinajstić information content (AvgIpc) is 3.06. The Morgan fingerprint density at radius 1 is 0.949 bits per heavy atom. The number of alkyl halides is 3. The van der Waals surface area contributed by atoms with Crippen LogP contribution in [0, 0.1) is 6.92 Å². The molecule has 0 saturated carbocycles. The van der Waals surface area contributed by atoms with E-state index in [0.717, 1.165) is 21.3 Å². The van der Waals surface area contributed by atoms with Gasteiger partial charge in [0.25, 0.3) is 9.84 Å². The molecule has 0 fully saturated rings. The highest BCUT2D eigenvalue weighted by Gasteiger charge is 2.46. The van der Waals surface area contributed by atoms with Gasteiger partial charge in [-0.05, 0) is 61.0 Å². The summed E-state index contributed by atoms with van der Waals surface area (Å²) in [6.07, 6.45) is 1.31. The number of nitrogens with one attached hydrogen (secondary N) is 2. The molecule has 0 radical (unpaired) electrons. The Bertz CT molecular complexity index is 1780. The van der Waals surface area contributed by atoms with Gasteiger partial charge in [0.2, 0.25) is 5.88 Å². The number of aromatic hydroxyl groups is 1. The van der Waals surface area contributed by atoms with Crippen LogP contribution in [0.3, 0.4) is 0 Å². The van der Waals surface area contributed by atoms with Gasteiger partial charge >= 0.3 is 21.4 Å². The van der Waals surface area contributed by atoms with Gasteiger partial charge in [-0.3, -0.25) is 14.0 Å². The molecule has 0 bridgehead atoms. The smallest absolute Gasteiger partial charge is 0.493 e. The van der Waals surface area contributed by atoms with E-state index in [4.69, 9.17) is 0 Å². The molecule has 0 aliphatic carbocycles. The Labute approximate surface area is 220 Å². The zero-order valence-corrected chi connectivity index (χ0v) is 21.5. The van der Waals surface area contributed by atoms with Crippen LogP contribution in [0.25, 0.3) is 5.69 Å². The lowest BCUT2D eigenvalue weighted by atomic mass is 10.2. The van der Waals surface area contributed by atoms with E-state index in [-0.39, 0.29) is 23.7 Å². The van der Waals surface area contributed by atoms with Gasteiger partial charge in [0.1, 0.15) is 5.82 Å². The molecular weight excluding hydrogens is 563 g/mol. The summed E-state index contributed by atoms with van der Waals surface area (Å²) in [5.41, 5.74) is -5.50. The van der Waals surface area contributed by atoms with Crippen LogP contribution in [0.5, 0.6) is 5.88 Å². The van der Waals surface area contributed by atoms with Crippen molar-refractivity contribution in [1.29, 1.82) is 0 Å². The van der Waals surface area contributed by atoms with Crippen LogP contribution in [-0.2, 0) is 26.6 Å². The Balaban J connectivity index is 1.59. The summed E-state index contributed by atoms with van der Waals surface area (Å²) < 4.78 is 93.1. The number of benzene rings is 2. The number of hydrogen-bond acceptors (Lipinski definition) is 7. The summed E-state index contributed by atoms with van der Waals surface area (Å²) >= 11 is 0. The molecule has 206 valence electrons. The quantitative estimate of drug-likeness (QED) is 0.288. The number of halogens is 3. The zero-order chi connectivity index (χ0) is 28.6.